The van der Waals surface area contributed by atoms with E-state index in [1.165, 1.54) is 12.7 Å². The van der Waals surface area contributed by atoms with Crippen LogP contribution in [0.4, 0.5) is 0 Å². The summed E-state index contributed by atoms with van der Waals surface area (Å²) in [7, 11) is 3.10. The minimum atomic E-state index is -0.200. The zero-order valence-corrected chi connectivity index (χ0v) is 17.1. The summed E-state index contributed by atoms with van der Waals surface area (Å²) in [4.78, 5) is 19.9. The standard InChI is InChI=1S/C20H22BrN3O3/c1-4-15(12-5-7-13(21)8-6-12)22-11-19-23-16-10-18(27-3)17(26-2)9-14(16)20(25)24-19/h5-10,15,22H,4,11H2,1-3H3,(H,23,24,25). The van der Waals surface area contributed by atoms with Crippen molar-refractivity contribution in [2.75, 3.05) is 14.2 Å². The number of H-pyrrole nitrogens is 1. The summed E-state index contributed by atoms with van der Waals surface area (Å²) in [5.41, 5.74) is 1.56. The van der Waals surface area contributed by atoms with Crippen LogP contribution in [0.3, 0.4) is 0 Å². The van der Waals surface area contributed by atoms with E-state index in [2.05, 4.69) is 50.3 Å². The Balaban J connectivity index is 1.86. The number of rotatable bonds is 7. The van der Waals surface area contributed by atoms with Crippen LogP contribution >= 0.6 is 15.9 Å². The number of fused-ring (bicyclic) bond motifs is 1. The molecular formula is C20H22BrN3O3. The van der Waals surface area contributed by atoms with Gasteiger partial charge in [0.15, 0.2) is 11.5 Å². The fourth-order valence-electron chi connectivity index (χ4n) is 3.01. The molecule has 0 fully saturated rings. The van der Waals surface area contributed by atoms with Crippen LogP contribution in [0.1, 0.15) is 30.8 Å². The summed E-state index contributed by atoms with van der Waals surface area (Å²) in [5.74, 6) is 1.63. The van der Waals surface area contributed by atoms with E-state index in [4.69, 9.17) is 9.47 Å². The van der Waals surface area contributed by atoms with Gasteiger partial charge in [0, 0.05) is 16.6 Å². The van der Waals surface area contributed by atoms with Crippen LogP contribution in [0, 0.1) is 0 Å². The average Bonchev–Trinajstić information content (AvgIpc) is 2.68. The van der Waals surface area contributed by atoms with Gasteiger partial charge in [0.1, 0.15) is 5.82 Å². The van der Waals surface area contributed by atoms with Crippen molar-refractivity contribution in [3.05, 3.63) is 62.6 Å². The Morgan fingerprint density at radius 1 is 1.15 bits per heavy atom. The molecule has 1 unspecified atom stereocenters. The van der Waals surface area contributed by atoms with Gasteiger partial charge in [-0.3, -0.25) is 4.79 Å². The largest absolute Gasteiger partial charge is 0.493 e. The monoisotopic (exact) mass is 431 g/mol. The maximum atomic E-state index is 12.5. The second kappa shape index (κ2) is 8.54. The number of hydrogen-bond donors (Lipinski definition) is 2. The molecule has 2 N–H and O–H groups in total. The normalized spacial score (nSPS) is 12.1. The van der Waals surface area contributed by atoms with Crippen molar-refractivity contribution in [3.8, 4) is 11.5 Å². The van der Waals surface area contributed by atoms with Gasteiger partial charge >= 0.3 is 0 Å². The first-order valence-corrected chi connectivity index (χ1v) is 9.48. The van der Waals surface area contributed by atoms with E-state index >= 15 is 0 Å². The summed E-state index contributed by atoms with van der Waals surface area (Å²) in [5, 5.41) is 3.93. The van der Waals surface area contributed by atoms with E-state index in [1.807, 2.05) is 12.1 Å². The summed E-state index contributed by atoms with van der Waals surface area (Å²) in [6, 6.07) is 11.7. The number of nitrogens with zero attached hydrogens (tertiary/aromatic N) is 1. The molecule has 0 amide bonds. The first-order valence-electron chi connectivity index (χ1n) is 8.69. The van der Waals surface area contributed by atoms with Crippen molar-refractivity contribution >= 4 is 26.8 Å². The van der Waals surface area contributed by atoms with Crippen molar-refractivity contribution in [1.82, 2.24) is 15.3 Å². The van der Waals surface area contributed by atoms with Gasteiger partial charge in [-0.15, -0.1) is 0 Å². The Morgan fingerprint density at radius 2 is 1.81 bits per heavy atom. The molecule has 1 atom stereocenters. The maximum absolute atomic E-state index is 12.5. The average molecular weight is 432 g/mol. The Morgan fingerprint density at radius 3 is 2.44 bits per heavy atom. The molecule has 0 aliphatic carbocycles. The first-order chi connectivity index (χ1) is 13.0. The lowest BCUT2D eigenvalue weighted by Crippen LogP contribution is -2.23. The van der Waals surface area contributed by atoms with Gasteiger partial charge in [-0.25, -0.2) is 4.98 Å². The predicted octanol–water partition coefficient (Wildman–Crippen LogP) is 3.94. The topological polar surface area (TPSA) is 76.2 Å². The molecule has 27 heavy (non-hydrogen) atoms. The van der Waals surface area contributed by atoms with Gasteiger partial charge in [-0.2, -0.15) is 0 Å². The Bertz CT molecular complexity index is 986. The van der Waals surface area contributed by atoms with Crippen molar-refractivity contribution < 1.29 is 9.47 Å². The highest BCUT2D eigenvalue weighted by atomic mass is 79.9. The minimum Gasteiger partial charge on any atom is -0.493 e. The van der Waals surface area contributed by atoms with Crippen LogP contribution in [0.2, 0.25) is 0 Å². The quantitative estimate of drug-likeness (QED) is 0.592. The highest BCUT2D eigenvalue weighted by Crippen LogP contribution is 2.30. The smallest absolute Gasteiger partial charge is 0.258 e. The molecule has 6 nitrogen and oxygen atoms in total. The molecule has 142 valence electrons. The molecule has 3 rings (SSSR count). The van der Waals surface area contributed by atoms with Crippen LogP contribution in [-0.2, 0) is 6.54 Å². The third kappa shape index (κ3) is 4.31. The van der Waals surface area contributed by atoms with E-state index in [0.717, 1.165) is 10.9 Å². The molecule has 3 aromatic rings. The van der Waals surface area contributed by atoms with Gasteiger partial charge in [0.25, 0.3) is 5.56 Å². The number of halogens is 1. The summed E-state index contributed by atoms with van der Waals surface area (Å²) in [6.07, 6.45) is 0.921. The first kappa shape index (κ1) is 19.4. The molecule has 1 heterocycles. The third-order valence-electron chi connectivity index (χ3n) is 4.46. The fourth-order valence-corrected chi connectivity index (χ4v) is 3.28. The summed E-state index contributed by atoms with van der Waals surface area (Å²) >= 11 is 3.46. The van der Waals surface area contributed by atoms with Crippen LogP contribution in [-0.4, -0.2) is 24.2 Å². The van der Waals surface area contributed by atoms with E-state index in [-0.39, 0.29) is 11.6 Å². The molecular weight excluding hydrogens is 410 g/mol. The number of aromatic nitrogens is 2. The van der Waals surface area contributed by atoms with Crippen molar-refractivity contribution in [3.63, 3.8) is 0 Å². The van der Waals surface area contributed by atoms with E-state index < -0.39 is 0 Å². The molecule has 1 aromatic heterocycles. The number of methoxy groups -OCH3 is 2. The molecule has 0 aliphatic heterocycles. The second-order valence-electron chi connectivity index (χ2n) is 6.13. The van der Waals surface area contributed by atoms with Gasteiger partial charge < -0.3 is 19.8 Å². The number of ether oxygens (including phenoxy) is 2. The molecule has 0 spiro atoms. The van der Waals surface area contributed by atoms with Gasteiger partial charge in [-0.1, -0.05) is 35.0 Å². The fraction of sp³-hybridized carbons (Fsp3) is 0.300. The Kier molecular flexibility index (Phi) is 6.13. The van der Waals surface area contributed by atoms with Gasteiger partial charge in [-0.05, 0) is 30.2 Å². The lowest BCUT2D eigenvalue weighted by molar-refractivity contribution is 0.355. The predicted molar refractivity (Wildman–Crippen MR) is 109 cm³/mol. The summed E-state index contributed by atoms with van der Waals surface area (Å²) in [6.45, 7) is 2.57. The number of hydrogen-bond acceptors (Lipinski definition) is 5. The van der Waals surface area contributed by atoms with E-state index in [0.29, 0.717) is 34.8 Å². The Hall–Kier alpha value is -2.38. The molecule has 2 aromatic carbocycles. The SMILES string of the molecule is CCC(NCc1nc2cc(OC)c(OC)cc2c(=O)[nH]1)c1ccc(Br)cc1. The zero-order chi connectivity index (χ0) is 19.4. The second-order valence-corrected chi connectivity index (χ2v) is 7.05. The zero-order valence-electron chi connectivity index (χ0n) is 15.5. The van der Waals surface area contributed by atoms with Crippen LogP contribution in [0.15, 0.2) is 45.7 Å². The molecule has 0 saturated carbocycles. The lowest BCUT2D eigenvalue weighted by atomic mass is 10.0. The molecule has 0 bridgehead atoms. The molecule has 0 saturated heterocycles. The van der Waals surface area contributed by atoms with Crippen molar-refractivity contribution in [1.29, 1.82) is 0 Å². The minimum absolute atomic E-state index is 0.171. The Labute approximate surface area is 166 Å². The van der Waals surface area contributed by atoms with Crippen LogP contribution in [0.25, 0.3) is 10.9 Å². The van der Waals surface area contributed by atoms with E-state index in [9.17, 15) is 4.79 Å². The lowest BCUT2D eigenvalue weighted by Gasteiger charge is -2.17. The van der Waals surface area contributed by atoms with Gasteiger partial charge in [0.05, 0.1) is 31.7 Å². The highest BCUT2D eigenvalue weighted by molar-refractivity contribution is 9.10. The van der Waals surface area contributed by atoms with Crippen LogP contribution < -0.4 is 20.3 Å². The number of benzene rings is 2. The summed E-state index contributed by atoms with van der Waals surface area (Å²) < 4.78 is 11.6. The number of aromatic amines is 1. The van der Waals surface area contributed by atoms with Crippen LogP contribution in [0.5, 0.6) is 11.5 Å². The van der Waals surface area contributed by atoms with E-state index in [1.54, 1.807) is 19.2 Å². The van der Waals surface area contributed by atoms with Crippen molar-refractivity contribution in [2.24, 2.45) is 0 Å². The highest BCUT2D eigenvalue weighted by Gasteiger charge is 2.13. The maximum Gasteiger partial charge on any atom is 0.258 e. The molecule has 0 radical (unpaired) electrons. The molecule has 7 heteroatoms. The van der Waals surface area contributed by atoms with Crippen molar-refractivity contribution in [2.45, 2.75) is 25.9 Å². The number of nitrogens with one attached hydrogen (secondary N) is 2. The van der Waals surface area contributed by atoms with Gasteiger partial charge in [0.2, 0.25) is 0 Å². The third-order valence-corrected chi connectivity index (χ3v) is 4.98. The molecule has 0 aliphatic rings.